The number of aromatic nitrogens is 2. The molecule has 2 aromatic rings. The van der Waals surface area contributed by atoms with Crippen LogP contribution in [0.1, 0.15) is 39.0 Å². The number of carbonyl (C=O) groups is 3. The smallest absolute Gasteiger partial charge is 0.642 e. The first-order valence-electron chi connectivity index (χ1n) is 12.3. The van der Waals surface area contributed by atoms with E-state index in [0.717, 1.165) is 45.4 Å². The Morgan fingerprint density at radius 3 is 2.20 bits per heavy atom. The number of nitrogens with zero attached hydrogens (tertiary/aromatic N) is 4. The van der Waals surface area contributed by atoms with Gasteiger partial charge in [-0.3, -0.25) is 24.3 Å². The van der Waals surface area contributed by atoms with E-state index in [0.29, 0.717) is 31.5 Å². The van der Waals surface area contributed by atoms with Crippen molar-refractivity contribution >= 4 is 42.6 Å². The summed E-state index contributed by atoms with van der Waals surface area (Å²) in [5.74, 6) is -1.36. The summed E-state index contributed by atoms with van der Waals surface area (Å²) in [4.78, 5) is 44.6. The van der Waals surface area contributed by atoms with Crippen LogP contribution >= 0.6 is 11.6 Å². The first-order chi connectivity index (χ1) is 18.6. The largest absolute Gasteiger partial charge is 1.00 e. The molecule has 1 aromatic carbocycles. The van der Waals surface area contributed by atoms with Crippen molar-refractivity contribution in [3.8, 4) is 0 Å². The number of aliphatic hydroxyl groups excluding tert-OH is 1. The number of morpholine rings is 1. The van der Waals surface area contributed by atoms with Gasteiger partial charge in [-0.05, 0) is 12.5 Å². The van der Waals surface area contributed by atoms with Crippen molar-refractivity contribution < 1.29 is 67.7 Å². The number of hydrogen-bond acceptors (Lipinski definition) is 12. The van der Waals surface area contributed by atoms with Crippen LogP contribution in [0.25, 0.3) is 0 Å². The Morgan fingerprint density at radius 2 is 1.70 bits per heavy atom. The number of carbonyl (C=O) groups excluding carboxylic acids is 3. The Morgan fingerprint density at radius 1 is 1.10 bits per heavy atom. The second-order valence-corrected chi connectivity index (χ2v) is 8.98. The van der Waals surface area contributed by atoms with Gasteiger partial charge in [0.1, 0.15) is 5.82 Å². The van der Waals surface area contributed by atoms with Crippen LogP contribution < -0.4 is 34.5 Å². The Hall–Kier alpha value is -2.26. The van der Waals surface area contributed by atoms with E-state index in [2.05, 4.69) is 52.8 Å². The van der Waals surface area contributed by atoms with Crippen LogP contribution in [0.2, 0.25) is 5.15 Å². The normalized spacial score (nSPS) is 14.5. The van der Waals surface area contributed by atoms with Crippen molar-refractivity contribution in [3.05, 3.63) is 52.9 Å². The maximum Gasteiger partial charge on any atom is 1.00 e. The van der Waals surface area contributed by atoms with Gasteiger partial charge in [0.15, 0.2) is 5.15 Å². The fourth-order valence-corrected chi connectivity index (χ4v) is 3.78. The third kappa shape index (κ3) is 13.4. The van der Waals surface area contributed by atoms with E-state index in [1.165, 1.54) is 5.56 Å². The maximum atomic E-state index is 10.4. The summed E-state index contributed by atoms with van der Waals surface area (Å²) in [5, 5.41) is 9.79. The average Bonchev–Trinajstić information content (AvgIpc) is 2.85. The minimum absolute atomic E-state index is 0. The summed E-state index contributed by atoms with van der Waals surface area (Å²) < 4.78 is 18.5. The Bertz CT molecular complexity index is 1050. The third-order valence-corrected chi connectivity index (χ3v) is 5.58. The number of ether oxygens (including phenoxy) is 1. The molecule has 1 aliphatic rings. The third-order valence-electron chi connectivity index (χ3n) is 5.27. The van der Waals surface area contributed by atoms with Gasteiger partial charge in [0.25, 0.3) is 17.9 Å². The molecule has 213 valence electrons. The molecule has 0 spiro atoms. The summed E-state index contributed by atoms with van der Waals surface area (Å²) >= 11 is 6.42. The summed E-state index contributed by atoms with van der Waals surface area (Å²) in [6.45, 7) is 9.45. The Kier molecular flexibility index (Phi) is 17.0. The SMILES string of the molecule is CC(=O)O[B-](OC(C)=O)OC(C)=O.C[C@@H]1COCCN1c1cnc(CN(CCO)Cc2ccccc2)c(Cl)n1.[Na+]. The molecule has 1 fully saturated rings. The van der Waals surface area contributed by atoms with Crippen LogP contribution in [0.15, 0.2) is 36.5 Å². The predicted molar refractivity (Wildman–Crippen MR) is 143 cm³/mol. The topological polar surface area (TPSA) is 141 Å². The van der Waals surface area contributed by atoms with Gasteiger partial charge in [0.05, 0.1) is 37.8 Å². The minimum atomic E-state index is -1.59. The molecule has 0 saturated carbocycles. The molecule has 1 atom stereocenters. The van der Waals surface area contributed by atoms with Crippen molar-refractivity contribution in [2.45, 2.75) is 46.8 Å². The molecular weight excluding hydrogens is 554 g/mol. The number of aliphatic hydroxyl groups is 1. The predicted octanol–water partition coefficient (Wildman–Crippen LogP) is -0.986. The molecule has 1 aliphatic heterocycles. The van der Waals surface area contributed by atoms with E-state index in [1.54, 1.807) is 6.20 Å². The zero-order chi connectivity index (χ0) is 28.8. The fraction of sp³-hybridized carbons (Fsp3) is 0.480. The van der Waals surface area contributed by atoms with Crippen LogP contribution in [-0.4, -0.2) is 84.2 Å². The molecule has 0 unspecified atom stereocenters. The standard InChI is InChI=1S/C19H25ClN4O2.C6H9BO6.Na/c1-15-14-26-10-8-24(15)18-11-21-17(19(20)22-18)13-23(7-9-25)12-16-5-3-2-4-6-16;1-4(8)11-7(12-5(2)9)13-6(3)10;/h2-6,11,15,25H,7-10,12-14H2,1H3;1-3H3;/q;-1;+1/t15-;;/m1../s1. The molecule has 0 aliphatic carbocycles. The van der Waals surface area contributed by atoms with Crippen molar-refractivity contribution in [1.82, 2.24) is 14.9 Å². The summed E-state index contributed by atoms with van der Waals surface area (Å²) in [7, 11) is -1.59. The molecule has 12 nitrogen and oxygen atoms in total. The first kappa shape index (κ1) is 35.8. The fourth-order valence-electron chi connectivity index (χ4n) is 3.58. The zero-order valence-corrected chi connectivity index (χ0v) is 26.3. The number of rotatable bonds is 10. The molecule has 0 amide bonds. The monoisotopic (exact) mass is 587 g/mol. The van der Waals surface area contributed by atoms with Crippen LogP contribution in [0, 0.1) is 0 Å². The van der Waals surface area contributed by atoms with Gasteiger partial charge in [-0.25, -0.2) is 4.98 Å². The summed E-state index contributed by atoms with van der Waals surface area (Å²) in [5.41, 5.74) is 1.91. The van der Waals surface area contributed by atoms with Gasteiger partial charge in [-0.2, -0.15) is 0 Å². The van der Waals surface area contributed by atoms with Gasteiger partial charge in [0, 0.05) is 47.0 Å². The van der Waals surface area contributed by atoms with Crippen LogP contribution in [0.4, 0.5) is 5.82 Å². The average molecular weight is 588 g/mol. The van der Waals surface area contributed by atoms with E-state index in [9.17, 15) is 19.5 Å². The van der Waals surface area contributed by atoms with Crippen molar-refractivity contribution in [3.63, 3.8) is 0 Å². The molecule has 40 heavy (non-hydrogen) atoms. The first-order valence-corrected chi connectivity index (χ1v) is 12.7. The quantitative estimate of drug-likeness (QED) is 0.342. The van der Waals surface area contributed by atoms with E-state index >= 15 is 0 Å². The van der Waals surface area contributed by atoms with Crippen molar-refractivity contribution in [2.24, 2.45) is 0 Å². The zero-order valence-electron chi connectivity index (χ0n) is 23.5. The second kappa shape index (κ2) is 19.0. The molecule has 0 bridgehead atoms. The Balaban J connectivity index is 0.000000489. The van der Waals surface area contributed by atoms with E-state index < -0.39 is 25.2 Å². The van der Waals surface area contributed by atoms with Crippen molar-refractivity contribution in [2.75, 3.05) is 37.8 Å². The molecular formula is C25H34BClN4NaO8. The minimum Gasteiger partial charge on any atom is -0.642 e. The van der Waals surface area contributed by atoms with Gasteiger partial charge < -0.3 is 28.7 Å². The molecule has 15 heteroatoms. The number of benzene rings is 1. The number of halogens is 1. The van der Waals surface area contributed by atoms with Gasteiger partial charge in [-0.15, -0.1) is 0 Å². The molecule has 1 aromatic heterocycles. The maximum absolute atomic E-state index is 10.4. The van der Waals surface area contributed by atoms with Crippen LogP contribution in [-0.2, 0) is 46.2 Å². The van der Waals surface area contributed by atoms with Crippen LogP contribution in [0.5, 0.6) is 0 Å². The van der Waals surface area contributed by atoms with E-state index in [-0.39, 0.29) is 42.2 Å². The van der Waals surface area contributed by atoms with Crippen molar-refractivity contribution in [1.29, 1.82) is 0 Å². The summed E-state index contributed by atoms with van der Waals surface area (Å²) in [6, 6.07) is 10.4. The Labute approximate surface area is 261 Å². The number of hydrogen-bond donors (Lipinski definition) is 1. The number of anilines is 1. The van der Waals surface area contributed by atoms with Gasteiger partial charge in [-0.1, -0.05) is 41.9 Å². The molecule has 1 saturated heterocycles. The van der Waals surface area contributed by atoms with Crippen LogP contribution in [0.3, 0.4) is 0 Å². The molecule has 1 N–H and O–H groups in total. The molecule has 2 heterocycles. The molecule has 1 radical (unpaired) electrons. The van der Waals surface area contributed by atoms with Gasteiger partial charge >= 0.3 is 36.9 Å². The van der Waals surface area contributed by atoms with Gasteiger partial charge in [0.2, 0.25) is 0 Å². The summed E-state index contributed by atoms with van der Waals surface area (Å²) in [6.07, 6.45) is 1.78. The molecule has 3 rings (SSSR count). The van der Waals surface area contributed by atoms with E-state index in [1.807, 2.05) is 18.2 Å². The van der Waals surface area contributed by atoms with E-state index in [4.69, 9.17) is 16.3 Å². The second-order valence-electron chi connectivity index (χ2n) is 8.62.